The molecule has 0 radical (unpaired) electrons. The number of benzene rings is 1. The van der Waals surface area contributed by atoms with Crippen molar-refractivity contribution in [3.05, 3.63) is 56.5 Å². The van der Waals surface area contributed by atoms with Gasteiger partial charge in [-0.1, -0.05) is 25.1 Å². The van der Waals surface area contributed by atoms with Gasteiger partial charge in [-0.25, -0.2) is 4.68 Å². The Kier molecular flexibility index (Phi) is 4.61. The molecule has 0 aliphatic carbocycles. The number of aromatic nitrogens is 3. The normalized spacial score (nSPS) is 15.7. The summed E-state index contributed by atoms with van der Waals surface area (Å²) in [6, 6.07) is 6.59. The number of piperidine rings is 1. The Balaban J connectivity index is 1.56. The molecule has 2 aromatic heterocycles. The Morgan fingerprint density at radius 2 is 2.08 bits per heavy atom. The van der Waals surface area contributed by atoms with E-state index in [2.05, 4.69) is 62.2 Å². The zero-order chi connectivity index (χ0) is 18.3. The van der Waals surface area contributed by atoms with E-state index in [9.17, 15) is 4.79 Å². The molecule has 4 rings (SSSR count). The van der Waals surface area contributed by atoms with Crippen LogP contribution in [0.25, 0.3) is 10.9 Å². The van der Waals surface area contributed by atoms with Crippen molar-refractivity contribution in [1.82, 2.24) is 14.8 Å². The summed E-state index contributed by atoms with van der Waals surface area (Å²) < 4.78 is 1.96. The quantitative estimate of drug-likeness (QED) is 0.705. The molecule has 1 fully saturated rings. The van der Waals surface area contributed by atoms with Crippen molar-refractivity contribution >= 4 is 32.5 Å². The number of aryl methyl sites for hydroxylation is 2. The third-order valence-corrected chi connectivity index (χ3v) is 6.30. The van der Waals surface area contributed by atoms with E-state index < -0.39 is 0 Å². The topological polar surface area (TPSA) is 53.9 Å². The maximum atomic E-state index is 12.1. The van der Waals surface area contributed by atoms with E-state index in [1.165, 1.54) is 26.7 Å². The number of para-hydroxylation sites is 1. The zero-order valence-corrected chi connectivity index (χ0v) is 16.7. The molecule has 0 atom stereocenters. The first-order valence-electron chi connectivity index (χ1n) is 9.15. The van der Waals surface area contributed by atoms with E-state index in [0.717, 1.165) is 38.0 Å². The predicted octanol–water partition coefficient (Wildman–Crippen LogP) is 3.97. The highest BCUT2D eigenvalue weighted by Crippen LogP contribution is 2.36. The minimum atomic E-state index is -0.0895. The van der Waals surface area contributed by atoms with Gasteiger partial charge in [0.25, 0.3) is 5.56 Å². The number of nitrogens with zero attached hydrogens (tertiary/aromatic N) is 3. The van der Waals surface area contributed by atoms with Crippen LogP contribution in [0.2, 0.25) is 0 Å². The van der Waals surface area contributed by atoms with Crippen molar-refractivity contribution < 1.29 is 0 Å². The van der Waals surface area contributed by atoms with Crippen LogP contribution in [0.4, 0.5) is 5.69 Å². The average Bonchev–Trinajstić information content (AvgIpc) is 3.11. The fourth-order valence-electron chi connectivity index (χ4n) is 4.03. The monoisotopic (exact) mass is 414 g/mol. The second kappa shape index (κ2) is 6.91. The van der Waals surface area contributed by atoms with Gasteiger partial charge in [-0.2, -0.15) is 5.10 Å². The Hall–Kier alpha value is -2.08. The van der Waals surface area contributed by atoms with Crippen molar-refractivity contribution in [3.63, 3.8) is 0 Å². The fourth-order valence-corrected chi connectivity index (χ4v) is 4.63. The maximum Gasteiger partial charge on any atom is 0.282 e. The Labute approximate surface area is 161 Å². The summed E-state index contributed by atoms with van der Waals surface area (Å²) >= 11 is 3.45. The Morgan fingerprint density at radius 3 is 2.81 bits per heavy atom. The Morgan fingerprint density at radius 1 is 1.31 bits per heavy atom. The molecule has 3 aromatic rings. The molecule has 6 heteroatoms. The molecule has 0 saturated carbocycles. The highest BCUT2D eigenvalue weighted by atomic mass is 79.9. The number of H-pyrrole nitrogens is 1. The van der Waals surface area contributed by atoms with Crippen molar-refractivity contribution in [2.75, 3.05) is 18.0 Å². The second-order valence-electron chi connectivity index (χ2n) is 6.97. The summed E-state index contributed by atoms with van der Waals surface area (Å²) in [7, 11) is 1.67. The molecule has 1 aliphatic rings. The minimum Gasteiger partial charge on any atom is -0.369 e. The van der Waals surface area contributed by atoms with E-state index >= 15 is 0 Å². The van der Waals surface area contributed by atoms with Gasteiger partial charge < -0.3 is 9.88 Å². The van der Waals surface area contributed by atoms with E-state index in [1.54, 1.807) is 13.2 Å². The number of aromatic amines is 1. The van der Waals surface area contributed by atoms with Crippen LogP contribution >= 0.6 is 15.9 Å². The van der Waals surface area contributed by atoms with Crippen molar-refractivity contribution in [2.45, 2.75) is 32.1 Å². The molecule has 1 aliphatic heterocycles. The smallest absolute Gasteiger partial charge is 0.282 e. The van der Waals surface area contributed by atoms with E-state index in [-0.39, 0.29) is 5.56 Å². The molecule has 0 amide bonds. The lowest BCUT2D eigenvalue weighted by atomic mass is 9.88. The highest BCUT2D eigenvalue weighted by molar-refractivity contribution is 9.10. The molecule has 3 heterocycles. The van der Waals surface area contributed by atoms with Gasteiger partial charge in [0.2, 0.25) is 0 Å². The summed E-state index contributed by atoms with van der Waals surface area (Å²) in [6.45, 7) is 4.06. The maximum absolute atomic E-state index is 12.1. The van der Waals surface area contributed by atoms with Crippen LogP contribution in [-0.4, -0.2) is 27.9 Å². The van der Waals surface area contributed by atoms with Crippen LogP contribution in [0.5, 0.6) is 0 Å². The number of fused-ring (bicyclic) bond motifs is 1. The Bertz CT molecular complexity index is 999. The molecule has 26 heavy (non-hydrogen) atoms. The number of rotatable bonds is 3. The largest absolute Gasteiger partial charge is 0.369 e. The third-order valence-electron chi connectivity index (χ3n) is 5.55. The van der Waals surface area contributed by atoms with Gasteiger partial charge in [-0.05, 0) is 52.2 Å². The molecule has 5 nitrogen and oxygen atoms in total. The summed E-state index contributed by atoms with van der Waals surface area (Å²) in [5.41, 5.74) is 4.90. The van der Waals surface area contributed by atoms with Crippen LogP contribution in [0.15, 0.2) is 39.9 Å². The molecule has 0 spiro atoms. The fraction of sp³-hybridized carbons (Fsp3) is 0.400. The molecule has 1 aromatic carbocycles. The van der Waals surface area contributed by atoms with Crippen LogP contribution in [0.3, 0.4) is 0 Å². The molecule has 0 bridgehead atoms. The lowest BCUT2D eigenvalue weighted by Crippen LogP contribution is -2.35. The van der Waals surface area contributed by atoms with E-state index in [1.807, 2.05) is 0 Å². The molecular weight excluding hydrogens is 392 g/mol. The van der Waals surface area contributed by atoms with Crippen LogP contribution in [0.1, 0.15) is 36.8 Å². The summed E-state index contributed by atoms with van der Waals surface area (Å²) in [4.78, 5) is 17.9. The zero-order valence-electron chi connectivity index (χ0n) is 15.1. The van der Waals surface area contributed by atoms with Gasteiger partial charge in [0, 0.05) is 37.2 Å². The summed E-state index contributed by atoms with van der Waals surface area (Å²) in [5, 5.41) is 5.53. The van der Waals surface area contributed by atoms with Gasteiger partial charge in [0.15, 0.2) is 0 Å². The molecular formula is C20H23BrN4O. The first-order valence-corrected chi connectivity index (χ1v) is 9.95. The standard InChI is InChI=1S/C20H23BrN4O/c1-3-13-5-4-6-15-16(11-22-19(13)15)14-7-9-25(10-8-14)17-12-23-24(2)20(26)18(17)21/h4-6,11-12,14,22H,3,7-10H2,1-2H3. The number of nitrogens with one attached hydrogen (secondary N) is 1. The molecule has 0 unspecified atom stereocenters. The first-order chi connectivity index (χ1) is 12.6. The van der Waals surface area contributed by atoms with Gasteiger partial charge in [0.05, 0.1) is 11.9 Å². The van der Waals surface area contributed by atoms with Crippen molar-refractivity contribution in [3.8, 4) is 0 Å². The number of anilines is 1. The lowest BCUT2D eigenvalue weighted by Gasteiger charge is -2.33. The lowest BCUT2D eigenvalue weighted by molar-refractivity contribution is 0.505. The SMILES string of the molecule is CCc1cccc2c(C3CCN(c4cnn(C)c(=O)c4Br)CC3)c[nH]c12. The average molecular weight is 415 g/mol. The molecule has 1 saturated heterocycles. The van der Waals surface area contributed by atoms with Crippen LogP contribution < -0.4 is 10.5 Å². The van der Waals surface area contributed by atoms with Crippen molar-refractivity contribution in [1.29, 1.82) is 0 Å². The van der Waals surface area contributed by atoms with Gasteiger partial charge in [0.1, 0.15) is 4.47 Å². The number of halogens is 1. The van der Waals surface area contributed by atoms with E-state index in [4.69, 9.17) is 0 Å². The summed E-state index contributed by atoms with van der Waals surface area (Å²) in [5.74, 6) is 0.547. The number of hydrogen-bond donors (Lipinski definition) is 1. The van der Waals surface area contributed by atoms with E-state index in [0.29, 0.717) is 10.4 Å². The van der Waals surface area contributed by atoms with Gasteiger partial charge >= 0.3 is 0 Å². The van der Waals surface area contributed by atoms with Crippen molar-refractivity contribution in [2.24, 2.45) is 7.05 Å². The van der Waals surface area contributed by atoms with Gasteiger partial charge in [-0.3, -0.25) is 4.79 Å². The van der Waals surface area contributed by atoms with Crippen LogP contribution in [0, 0.1) is 0 Å². The molecule has 136 valence electrons. The first kappa shape index (κ1) is 17.3. The minimum absolute atomic E-state index is 0.0895. The second-order valence-corrected chi connectivity index (χ2v) is 7.76. The van der Waals surface area contributed by atoms with Crippen LogP contribution in [-0.2, 0) is 13.5 Å². The molecule has 1 N–H and O–H groups in total. The predicted molar refractivity (Wildman–Crippen MR) is 109 cm³/mol. The van der Waals surface area contributed by atoms with Gasteiger partial charge in [-0.15, -0.1) is 0 Å². The highest BCUT2D eigenvalue weighted by Gasteiger charge is 2.25. The summed E-state index contributed by atoms with van der Waals surface area (Å²) in [6.07, 6.45) is 7.17. The third kappa shape index (κ3) is 2.86. The number of hydrogen-bond acceptors (Lipinski definition) is 3.